The van der Waals surface area contributed by atoms with Gasteiger partial charge in [-0.1, -0.05) is 72.8 Å². The van der Waals surface area contributed by atoms with E-state index in [1.165, 1.54) is 31.3 Å². The number of fused-ring (bicyclic) bond motifs is 3. The lowest BCUT2D eigenvalue weighted by atomic mass is 10.0. The van der Waals surface area contributed by atoms with Crippen LogP contribution in [0.3, 0.4) is 0 Å². The van der Waals surface area contributed by atoms with Crippen LogP contribution in [0.4, 0.5) is 17.1 Å². The molecule has 0 aliphatic rings. The molecule has 1 nitrogen and oxygen atoms in total. The second-order valence-corrected chi connectivity index (χ2v) is 8.95. The van der Waals surface area contributed by atoms with Crippen LogP contribution in [0.5, 0.6) is 0 Å². The monoisotopic (exact) mass is 427 g/mol. The van der Waals surface area contributed by atoms with E-state index in [1.54, 1.807) is 0 Å². The molecule has 0 fully saturated rings. The molecule has 0 saturated heterocycles. The van der Waals surface area contributed by atoms with Crippen LogP contribution in [0.1, 0.15) is 0 Å². The van der Waals surface area contributed by atoms with E-state index in [9.17, 15) is 0 Å². The molecule has 0 N–H and O–H groups in total. The molecule has 0 bridgehead atoms. The lowest BCUT2D eigenvalue weighted by molar-refractivity contribution is 1.28. The Bertz CT molecular complexity index is 1460. The second kappa shape index (κ2) is 7.99. The molecule has 0 aliphatic heterocycles. The van der Waals surface area contributed by atoms with E-state index in [2.05, 4.69) is 132 Å². The predicted molar refractivity (Wildman–Crippen MR) is 139 cm³/mol. The second-order valence-electron chi connectivity index (χ2n) is 7.86. The Morgan fingerprint density at radius 3 is 1.62 bits per heavy atom. The molecule has 0 aliphatic carbocycles. The molecule has 0 saturated carbocycles. The Labute approximate surface area is 191 Å². The normalized spacial score (nSPS) is 11.1. The summed E-state index contributed by atoms with van der Waals surface area (Å²) < 4.78 is 2.68. The standard InChI is InChI=1S/C30H21NS/c1-3-9-24(10-4-1)31(25-11-5-2-6-12-25)26-18-15-22(16-19-26)23-17-20-30-28(21-23)27-13-7-8-14-29(27)32-30/h1-21H. The highest BCUT2D eigenvalue weighted by molar-refractivity contribution is 7.25. The van der Waals surface area contributed by atoms with Gasteiger partial charge >= 0.3 is 0 Å². The van der Waals surface area contributed by atoms with Crippen molar-refractivity contribution in [3.8, 4) is 11.1 Å². The molecular formula is C30H21NS. The van der Waals surface area contributed by atoms with Crippen LogP contribution in [-0.4, -0.2) is 0 Å². The van der Waals surface area contributed by atoms with Crippen LogP contribution in [0.15, 0.2) is 127 Å². The summed E-state index contributed by atoms with van der Waals surface area (Å²) in [5.41, 5.74) is 5.93. The van der Waals surface area contributed by atoms with Gasteiger partial charge in [0.1, 0.15) is 0 Å². The van der Waals surface area contributed by atoms with Gasteiger partial charge in [0.15, 0.2) is 0 Å². The average Bonchev–Trinajstić information content (AvgIpc) is 3.24. The van der Waals surface area contributed by atoms with Crippen molar-refractivity contribution in [1.82, 2.24) is 0 Å². The SMILES string of the molecule is c1ccc(N(c2ccccc2)c2ccc(-c3ccc4sc5ccccc5c4c3)cc2)cc1. The summed E-state index contributed by atoms with van der Waals surface area (Å²) in [4.78, 5) is 2.29. The maximum Gasteiger partial charge on any atom is 0.0462 e. The van der Waals surface area contributed by atoms with E-state index in [-0.39, 0.29) is 0 Å². The van der Waals surface area contributed by atoms with Gasteiger partial charge in [0.05, 0.1) is 0 Å². The van der Waals surface area contributed by atoms with E-state index >= 15 is 0 Å². The topological polar surface area (TPSA) is 3.24 Å². The summed E-state index contributed by atoms with van der Waals surface area (Å²) in [7, 11) is 0. The quantitative estimate of drug-likeness (QED) is 0.271. The van der Waals surface area contributed by atoms with Gasteiger partial charge in [0, 0.05) is 37.2 Å². The third kappa shape index (κ3) is 3.35. The first kappa shape index (κ1) is 18.9. The Hall–Kier alpha value is -3.88. The Kier molecular flexibility index (Phi) is 4.71. The van der Waals surface area contributed by atoms with Crippen molar-refractivity contribution in [3.63, 3.8) is 0 Å². The van der Waals surface area contributed by atoms with Crippen molar-refractivity contribution in [2.24, 2.45) is 0 Å². The molecule has 0 amide bonds. The maximum atomic E-state index is 2.33. The van der Waals surface area contributed by atoms with E-state index in [0.717, 1.165) is 17.1 Å². The van der Waals surface area contributed by atoms with Gasteiger partial charge in [-0.05, 0) is 65.7 Å². The Morgan fingerprint density at radius 1 is 0.406 bits per heavy atom. The van der Waals surface area contributed by atoms with E-state index in [0.29, 0.717) is 0 Å². The summed E-state index contributed by atoms with van der Waals surface area (Å²) in [5, 5.41) is 2.67. The molecule has 0 unspecified atom stereocenters. The molecule has 152 valence electrons. The van der Waals surface area contributed by atoms with E-state index in [4.69, 9.17) is 0 Å². The Balaban J connectivity index is 1.41. The first-order valence-electron chi connectivity index (χ1n) is 10.8. The molecule has 0 atom stereocenters. The number of para-hydroxylation sites is 2. The lowest BCUT2D eigenvalue weighted by Gasteiger charge is -2.25. The summed E-state index contributed by atoms with van der Waals surface area (Å²) in [6, 6.07) is 45.4. The van der Waals surface area contributed by atoms with Crippen LogP contribution >= 0.6 is 11.3 Å². The van der Waals surface area contributed by atoms with Gasteiger partial charge in [0.2, 0.25) is 0 Å². The van der Waals surface area contributed by atoms with Crippen molar-refractivity contribution in [2.75, 3.05) is 4.90 Å². The fraction of sp³-hybridized carbons (Fsp3) is 0. The predicted octanol–water partition coefficient (Wildman–Crippen LogP) is 9.19. The van der Waals surface area contributed by atoms with Crippen LogP contribution in [-0.2, 0) is 0 Å². The number of benzene rings is 5. The van der Waals surface area contributed by atoms with Gasteiger partial charge in [-0.2, -0.15) is 0 Å². The fourth-order valence-corrected chi connectivity index (χ4v) is 5.40. The zero-order valence-corrected chi connectivity index (χ0v) is 18.3. The minimum atomic E-state index is 1.15. The largest absolute Gasteiger partial charge is 0.311 e. The zero-order chi connectivity index (χ0) is 21.3. The number of hydrogen-bond acceptors (Lipinski definition) is 2. The highest BCUT2D eigenvalue weighted by Crippen LogP contribution is 2.38. The molecule has 32 heavy (non-hydrogen) atoms. The van der Waals surface area contributed by atoms with Gasteiger partial charge in [-0.15, -0.1) is 11.3 Å². The number of rotatable bonds is 4. The molecule has 6 aromatic rings. The molecule has 5 aromatic carbocycles. The van der Waals surface area contributed by atoms with Crippen molar-refractivity contribution in [1.29, 1.82) is 0 Å². The number of anilines is 3. The minimum absolute atomic E-state index is 1.15. The fourth-order valence-electron chi connectivity index (χ4n) is 4.31. The first-order chi connectivity index (χ1) is 15.9. The highest BCUT2D eigenvalue weighted by atomic mass is 32.1. The number of hydrogen-bond donors (Lipinski definition) is 0. The smallest absolute Gasteiger partial charge is 0.0462 e. The van der Waals surface area contributed by atoms with Crippen LogP contribution in [0.2, 0.25) is 0 Å². The van der Waals surface area contributed by atoms with Crippen molar-refractivity contribution >= 4 is 48.6 Å². The van der Waals surface area contributed by atoms with E-state index < -0.39 is 0 Å². The molecule has 1 heterocycles. The third-order valence-corrected chi connectivity index (χ3v) is 7.02. The lowest BCUT2D eigenvalue weighted by Crippen LogP contribution is -2.09. The summed E-state index contributed by atoms with van der Waals surface area (Å²) in [6.45, 7) is 0. The van der Waals surface area contributed by atoms with Gasteiger partial charge in [-0.25, -0.2) is 0 Å². The van der Waals surface area contributed by atoms with Gasteiger partial charge < -0.3 is 4.90 Å². The van der Waals surface area contributed by atoms with Crippen LogP contribution in [0.25, 0.3) is 31.3 Å². The summed E-state index contributed by atoms with van der Waals surface area (Å²) in [5.74, 6) is 0. The molecule has 1 aromatic heterocycles. The van der Waals surface area contributed by atoms with Crippen molar-refractivity contribution in [3.05, 3.63) is 127 Å². The van der Waals surface area contributed by atoms with Gasteiger partial charge in [0.25, 0.3) is 0 Å². The summed E-state index contributed by atoms with van der Waals surface area (Å²) in [6.07, 6.45) is 0. The van der Waals surface area contributed by atoms with Crippen LogP contribution in [0, 0.1) is 0 Å². The first-order valence-corrected chi connectivity index (χ1v) is 11.6. The molecule has 2 heteroatoms. The van der Waals surface area contributed by atoms with Crippen LogP contribution < -0.4 is 4.90 Å². The maximum absolute atomic E-state index is 2.33. The average molecular weight is 428 g/mol. The number of nitrogens with zero attached hydrogens (tertiary/aromatic N) is 1. The molecular weight excluding hydrogens is 406 g/mol. The molecule has 6 rings (SSSR count). The molecule has 0 spiro atoms. The van der Waals surface area contributed by atoms with Gasteiger partial charge in [-0.3, -0.25) is 0 Å². The minimum Gasteiger partial charge on any atom is -0.311 e. The summed E-state index contributed by atoms with van der Waals surface area (Å²) >= 11 is 1.86. The highest BCUT2D eigenvalue weighted by Gasteiger charge is 2.12. The third-order valence-electron chi connectivity index (χ3n) is 5.86. The zero-order valence-electron chi connectivity index (χ0n) is 17.5. The molecule has 0 radical (unpaired) electrons. The Morgan fingerprint density at radius 2 is 0.938 bits per heavy atom. The van der Waals surface area contributed by atoms with Crippen molar-refractivity contribution in [2.45, 2.75) is 0 Å². The van der Waals surface area contributed by atoms with E-state index in [1.807, 2.05) is 11.3 Å². The number of thiophene rings is 1. The van der Waals surface area contributed by atoms with Crippen molar-refractivity contribution < 1.29 is 0 Å².